The van der Waals surface area contributed by atoms with Crippen molar-refractivity contribution < 1.29 is 17.9 Å². The summed E-state index contributed by atoms with van der Waals surface area (Å²) in [5.41, 5.74) is 7.59. The maximum atomic E-state index is 12.5. The van der Waals surface area contributed by atoms with Gasteiger partial charge in [0.25, 0.3) is 0 Å². The van der Waals surface area contributed by atoms with Gasteiger partial charge in [-0.15, -0.1) is 11.3 Å². The molecule has 7 heteroatoms. The van der Waals surface area contributed by atoms with Crippen LogP contribution in [0.25, 0.3) is 0 Å². The Morgan fingerprint density at radius 3 is 2.55 bits per heavy atom. The molecular formula is C13H13F3N2OS. The molecule has 2 N–H and O–H groups in total. The van der Waals surface area contributed by atoms with Gasteiger partial charge in [0.1, 0.15) is 5.75 Å². The number of rotatable bonds is 3. The van der Waals surface area contributed by atoms with Crippen LogP contribution in [0.5, 0.6) is 5.75 Å². The Balaban J connectivity index is 2.29. The maximum Gasteiger partial charge on any atom is 0.443 e. The molecular weight excluding hydrogens is 289 g/mol. The fourth-order valence-electron chi connectivity index (χ4n) is 1.82. The second-order valence-corrected chi connectivity index (χ2v) is 5.33. The first kappa shape index (κ1) is 14.8. The molecule has 20 heavy (non-hydrogen) atoms. The minimum Gasteiger partial charge on any atom is -0.496 e. The number of aryl methyl sites for hydroxylation is 1. The van der Waals surface area contributed by atoms with E-state index in [0.29, 0.717) is 22.0 Å². The van der Waals surface area contributed by atoms with Crippen molar-refractivity contribution in [1.82, 2.24) is 4.98 Å². The number of hydrogen-bond donors (Lipinski definition) is 1. The number of aromatic nitrogens is 1. The van der Waals surface area contributed by atoms with Gasteiger partial charge in [-0.25, -0.2) is 4.98 Å². The van der Waals surface area contributed by atoms with Crippen molar-refractivity contribution >= 4 is 11.3 Å². The van der Waals surface area contributed by atoms with Gasteiger partial charge in [0.15, 0.2) is 5.01 Å². The van der Waals surface area contributed by atoms with Crippen LogP contribution in [0.4, 0.5) is 13.2 Å². The third-order valence-electron chi connectivity index (χ3n) is 2.85. The molecule has 2 aromatic rings. The summed E-state index contributed by atoms with van der Waals surface area (Å²) < 4.78 is 42.7. The number of hydrogen-bond acceptors (Lipinski definition) is 4. The van der Waals surface area contributed by atoms with Crippen LogP contribution in [0.15, 0.2) is 24.4 Å². The second kappa shape index (κ2) is 5.41. The van der Waals surface area contributed by atoms with E-state index in [-0.39, 0.29) is 0 Å². The molecule has 0 saturated heterocycles. The highest BCUT2D eigenvalue weighted by Crippen LogP contribution is 2.35. The first-order valence-corrected chi connectivity index (χ1v) is 6.57. The highest BCUT2D eigenvalue weighted by Gasteiger charge is 2.35. The molecule has 1 aromatic heterocycles. The highest BCUT2D eigenvalue weighted by atomic mass is 32.1. The fourth-order valence-corrected chi connectivity index (χ4v) is 2.63. The molecule has 0 aliphatic heterocycles. The van der Waals surface area contributed by atoms with Gasteiger partial charge in [-0.2, -0.15) is 13.2 Å². The van der Waals surface area contributed by atoms with Crippen LogP contribution in [-0.2, 0) is 6.18 Å². The Kier molecular flexibility index (Phi) is 4.01. The van der Waals surface area contributed by atoms with Crippen LogP contribution in [0, 0.1) is 6.92 Å². The molecule has 3 nitrogen and oxygen atoms in total. The van der Waals surface area contributed by atoms with Gasteiger partial charge < -0.3 is 10.5 Å². The quantitative estimate of drug-likeness (QED) is 0.943. The van der Waals surface area contributed by atoms with E-state index in [4.69, 9.17) is 10.5 Å². The van der Waals surface area contributed by atoms with Gasteiger partial charge in [-0.05, 0) is 24.1 Å². The minimum atomic E-state index is -4.43. The van der Waals surface area contributed by atoms with Gasteiger partial charge in [0.05, 0.1) is 13.2 Å². The van der Waals surface area contributed by atoms with Crippen LogP contribution >= 0.6 is 11.3 Å². The van der Waals surface area contributed by atoms with E-state index in [1.54, 1.807) is 25.3 Å². The van der Waals surface area contributed by atoms with E-state index in [0.717, 1.165) is 11.1 Å². The van der Waals surface area contributed by atoms with Crippen LogP contribution in [0.2, 0.25) is 0 Å². The predicted molar refractivity (Wildman–Crippen MR) is 70.9 cm³/mol. The standard InChI is InChI=1S/C13H13F3N2OS/c1-7-5-8(3-4-9(7)19-2)11(17)10-6-18-12(20-10)13(14,15)16/h3-6,11H,17H2,1-2H3. The first-order valence-electron chi connectivity index (χ1n) is 5.76. The van der Waals surface area contributed by atoms with Crippen molar-refractivity contribution in [2.24, 2.45) is 5.73 Å². The third kappa shape index (κ3) is 2.94. The Bertz CT molecular complexity index is 610. The topological polar surface area (TPSA) is 48.1 Å². The van der Waals surface area contributed by atoms with Crippen LogP contribution in [0.3, 0.4) is 0 Å². The molecule has 1 aromatic carbocycles. The Hall–Kier alpha value is -1.60. The lowest BCUT2D eigenvalue weighted by atomic mass is 10.0. The zero-order valence-electron chi connectivity index (χ0n) is 10.9. The van der Waals surface area contributed by atoms with Crippen molar-refractivity contribution in [3.8, 4) is 5.75 Å². The molecule has 0 saturated carbocycles. The molecule has 0 fully saturated rings. The summed E-state index contributed by atoms with van der Waals surface area (Å²) in [6.45, 7) is 1.85. The van der Waals surface area contributed by atoms with Crippen LogP contribution in [0.1, 0.15) is 27.1 Å². The molecule has 0 radical (unpaired) electrons. The van der Waals surface area contributed by atoms with E-state index in [9.17, 15) is 13.2 Å². The average Bonchev–Trinajstić information content (AvgIpc) is 2.87. The number of ether oxygens (including phenoxy) is 1. The summed E-state index contributed by atoms with van der Waals surface area (Å²) in [6.07, 6.45) is -3.25. The number of nitrogens with zero attached hydrogens (tertiary/aromatic N) is 1. The zero-order valence-corrected chi connectivity index (χ0v) is 11.7. The molecule has 0 aliphatic rings. The molecule has 1 unspecified atom stereocenters. The van der Waals surface area contributed by atoms with Crippen molar-refractivity contribution in [2.75, 3.05) is 7.11 Å². The molecule has 0 amide bonds. The number of nitrogens with two attached hydrogens (primary N) is 1. The van der Waals surface area contributed by atoms with E-state index >= 15 is 0 Å². The van der Waals surface area contributed by atoms with Crippen LogP contribution < -0.4 is 10.5 Å². The summed E-state index contributed by atoms with van der Waals surface area (Å²) in [6, 6.07) is 4.66. The average molecular weight is 302 g/mol. The van der Waals surface area contributed by atoms with Crippen molar-refractivity contribution in [3.63, 3.8) is 0 Å². The molecule has 1 atom stereocenters. The number of methoxy groups -OCH3 is 1. The van der Waals surface area contributed by atoms with Gasteiger partial charge in [0.2, 0.25) is 0 Å². The smallest absolute Gasteiger partial charge is 0.443 e. The summed E-state index contributed by atoms with van der Waals surface area (Å²) in [4.78, 5) is 3.76. The van der Waals surface area contributed by atoms with E-state index in [1.165, 1.54) is 6.20 Å². The highest BCUT2D eigenvalue weighted by molar-refractivity contribution is 7.11. The number of thiazole rings is 1. The van der Waals surface area contributed by atoms with E-state index in [2.05, 4.69) is 4.98 Å². The fraction of sp³-hybridized carbons (Fsp3) is 0.308. The summed E-state index contributed by atoms with van der Waals surface area (Å²) >= 11 is 0.566. The first-order chi connectivity index (χ1) is 9.32. The lowest BCUT2D eigenvalue weighted by Crippen LogP contribution is -2.10. The van der Waals surface area contributed by atoms with E-state index in [1.807, 2.05) is 6.92 Å². The van der Waals surface area contributed by atoms with Gasteiger partial charge >= 0.3 is 6.18 Å². The van der Waals surface area contributed by atoms with Gasteiger partial charge in [-0.1, -0.05) is 12.1 Å². The monoisotopic (exact) mass is 302 g/mol. The largest absolute Gasteiger partial charge is 0.496 e. The Morgan fingerprint density at radius 2 is 2.05 bits per heavy atom. The van der Waals surface area contributed by atoms with Crippen molar-refractivity contribution in [2.45, 2.75) is 19.1 Å². The van der Waals surface area contributed by atoms with Crippen molar-refractivity contribution in [1.29, 1.82) is 0 Å². The molecule has 0 bridgehead atoms. The lowest BCUT2D eigenvalue weighted by Gasteiger charge is -2.12. The Morgan fingerprint density at radius 1 is 1.35 bits per heavy atom. The molecule has 108 valence electrons. The second-order valence-electron chi connectivity index (χ2n) is 4.27. The molecule has 0 spiro atoms. The summed E-state index contributed by atoms with van der Waals surface area (Å²) in [5.74, 6) is 0.709. The number of alkyl halides is 3. The lowest BCUT2D eigenvalue weighted by molar-refractivity contribution is -0.137. The maximum absolute atomic E-state index is 12.5. The zero-order chi connectivity index (χ0) is 14.9. The molecule has 2 rings (SSSR count). The van der Waals surface area contributed by atoms with Crippen LogP contribution in [-0.4, -0.2) is 12.1 Å². The minimum absolute atomic E-state index is 0.377. The predicted octanol–water partition coefficient (Wildman–Crippen LogP) is 3.53. The molecule has 1 heterocycles. The Labute approximate surface area is 118 Å². The SMILES string of the molecule is COc1ccc(C(N)c2cnc(C(F)(F)F)s2)cc1C. The van der Waals surface area contributed by atoms with Crippen molar-refractivity contribution in [3.05, 3.63) is 45.4 Å². The van der Waals surface area contributed by atoms with E-state index < -0.39 is 17.2 Å². The third-order valence-corrected chi connectivity index (χ3v) is 3.98. The number of benzene rings is 1. The van der Waals surface area contributed by atoms with Gasteiger partial charge in [-0.3, -0.25) is 0 Å². The summed E-state index contributed by atoms with van der Waals surface area (Å²) in [7, 11) is 1.56. The number of halogens is 3. The van der Waals surface area contributed by atoms with Gasteiger partial charge in [0, 0.05) is 11.1 Å². The summed E-state index contributed by atoms with van der Waals surface area (Å²) in [5, 5.41) is -0.881. The molecule has 0 aliphatic carbocycles. The normalized spacial score (nSPS) is 13.3.